The molecule has 1 aromatic heterocycles. The van der Waals surface area contributed by atoms with E-state index in [1.54, 1.807) is 27.5 Å². The first-order chi connectivity index (χ1) is 11.4. The number of hydrogen-bond acceptors (Lipinski definition) is 6. The lowest BCUT2D eigenvalue weighted by Gasteiger charge is -2.18. The second-order valence-corrected chi connectivity index (χ2v) is 6.38. The van der Waals surface area contributed by atoms with Crippen LogP contribution in [0, 0.1) is 0 Å². The van der Waals surface area contributed by atoms with Crippen LogP contribution in [0.15, 0.2) is 24.4 Å². The Bertz CT molecular complexity index is 671. The zero-order valence-corrected chi connectivity index (χ0v) is 15.1. The van der Waals surface area contributed by atoms with Gasteiger partial charge in [-0.2, -0.15) is 0 Å². The fraction of sp³-hybridized carbons (Fsp3) is 0.444. The summed E-state index contributed by atoms with van der Waals surface area (Å²) >= 11 is 0. The van der Waals surface area contributed by atoms with Gasteiger partial charge in [-0.3, -0.25) is 0 Å². The SMILES string of the molecule is COc1cc(OC)c(CNc2ccnc(C(C)(C)C)n2)c(OC)c1. The van der Waals surface area contributed by atoms with Crippen molar-refractivity contribution in [1.82, 2.24) is 9.97 Å². The molecular formula is C18H25N3O3. The van der Waals surface area contributed by atoms with Crippen LogP contribution in [0.5, 0.6) is 17.2 Å². The van der Waals surface area contributed by atoms with Crippen molar-refractivity contribution in [3.05, 3.63) is 35.8 Å². The molecular weight excluding hydrogens is 306 g/mol. The van der Waals surface area contributed by atoms with E-state index in [0.29, 0.717) is 23.8 Å². The Kier molecular flexibility index (Phi) is 5.49. The summed E-state index contributed by atoms with van der Waals surface area (Å²) < 4.78 is 16.2. The molecule has 0 atom stereocenters. The summed E-state index contributed by atoms with van der Waals surface area (Å²) in [5.74, 6) is 3.63. The molecule has 1 aromatic carbocycles. The number of benzene rings is 1. The molecule has 0 unspecified atom stereocenters. The number of hydrogen-bond donors (Lipinski definition) is 1. The molecule has 0 saturated heterocycles. The number of methoxy groups -OCH3 is 3. The summed E-state index contributed by atoms with van der Waals surface area (Å²) in [5.41, 5.74) is 0.796. The number of aromatic nitrogens is 2. The molecule has 0 saturated carbocycles. The van der Waals surface area contributed by atoms with Crippen LogP contribution in [0.1, 0.15) is 32.2 Å². The van der Waals surface area contributed by atoms with E-state index < -0.39 is 0 Å². The molecule has 0 amide bonds. The number of ether oxygens (including phenoxy) is 3. The zero-order chi connectivity index (χ0) is 17.7. The summed E-state index contributed by atoms with van der Waals surface area (Å²) in [4.78, 5) is 8.91. The van der Waals surface area contributed by atoms with Crippen LogP contribution >= 0.6 is 0 Å². The Morgan fingerprint density at radius 2 is 1.62 bits per heavy atom. The van der Waals surface area contributed by atoms with E-state index in [2.05, 4.69) is 36.1 Å². The van der Waals surface area contributed by atoms with Crippen LogP contribution in [0.2, 0.25) is 0 Å². The minimum Gasteiger partial charge on any atom is -0.496 e. The third-order valence-corrected chi connectivity index (χ3v) is 3.59. The van der Waals surface area contributed by atoms with Crippen molar-refractivity contribution < 1.29 is 14.2 Å². The lowest BCUT2D eigenvalue weighted by Crippen LogP contribution is -2.17. The first-order valence-electron chi connectivity index (χ1n) is 7.75. The average Bonchev–Trinajstić information content (AvgIpc) is 2.58. The third kappa shape index (κ3) is 4.07. The second kappa shape index (κ2) is 7.38. The van der Waals surface area contributed by atoms with Gasteiger partial charge in [0.25, 0.3) is 0 Å². The van der Waals surface area contributed by atoms with Gasteiger partial charge in [0.1, 0.15) is 28.9 Å². The van der Waals surface area contributed by atoms with Crippen molar-refractivity contribution in [2.75, 3.05) is 26.6 Å². The number of nitrogens with zero attached hydrogens (tertiary/aromatic N) is 2. The van der Waals surface area contributed by atoms with Gasteiger partial charge in [0, 0.05) is 30.3 Å². The summed E-state index contributed by atoms with van der Waals surface area (Å²) in [6.07, 6.45) is 1.76. The van der Waals surface area contributed by atoms with Crippen molar-refractivity contribution in [1.29, 1.82) is 0 Å². The van der Waals surface area contributed by atoms with Crippen molar-refractivity contribution in [2.24, 2.45) is 0 Å². The maximum absolute atomic E-state index is 5.46. The van der Waals surface area contributed by atoms with Gasteiger partial charge in [-0.05, 0) is 6.07 Å². The van der Waals surface area contributed by atoms with Gasteiger partial charge < -0.3 is 19.5 Å². The van der Waals surface area contributed by atoms with E-state index in [9.17, 15) is 0 Å². The molecule has 6 heteroatoms. The van der Waals surface area contributed by atoms with Crippen molar-refractivity contribution >= 4 is 5.82 Å². The molecule has 130 valence electrons. The fourth-order valence-electron chi connectivity index (χ4n) is 2.25. The highest BCUT2D eigenvalue weighted by Gasteiger charge is 2.18. The molecule has 0 aliphatic heterocycles. The highest BCUT2D eigenvalue weighted by molar-refractivity contribution is 5.52. The maximum Gasteiger partial charge on any atom is 0.135 e. The van der Waals surface area contributed by atoms with E-state index in [0.717, 1.165) is 17.2 Å². The molecule has 0 bridgehead atoms. The molecule has 1 heterocycles. The lowest BCUT2D eigenvalue weighted by molar-refractivity contribution is 0.369. The highest BCUT2D eigenvalue weighted by atomic mass is 16.5. The fourth-order valence-corrected chi connectivity index (χ4v) is 2.25. The molecule has 6 nitrogen and oxygen atoms in total. The van der Waals surface area contributed by atoms with Crippen molar-refractivity contribution in [3.63, 3.8) is 0 Å². The zero-order valence-electron chi connectivity index (χ0n) is 15.1. The van der Waals surface area contributed by atoms with E-state index in [4.69, 9.17) is 14.2 Å². The number of nitrogens with one attached hydrogen (secondary N) is 1. The molecule has 0 aliphatic rings. The first kappa shape index (κ1) is 17.8. The number of anilines is 1. The van der Waals surface area contributed by atoms with Gasteiger partial charge in [0.05, 0.1) is 26.9 Å². The van der Waals surface area contributed by atoms with Gasteiger partial charge >= 0.3 is 0 Å². The lowest BCUT2D eigenvalue weighted by atomic mass is 9.96. The third-order valence-electron chi connectivity index (χ3n) is 3.59. The van der Waals surface area contributed by atoms with Crippen LogP contribution in [-0.4, -0.2) is 31.3 Å². The molecule has 2 rings (SSSR count). The van der Waals surface area contributed by atoms with Crippen LogP contribution < -0.4 is 19.5 Å². The van der Waals surface area contributed by atoms with Crippen molar-refractivity contribution in [3.8, 4) is 17.2 Å². The van der Waals surface area contributed by atoms with E-state index in [1.165, 1.54) is 0 Å². The monoisotopic (exact) mass is 331 g/mol. The van der Waals surface area contributed by atoms with Crippen LogP contribution in [0.3, 0.4) is 0 Å². The summed E-state index contributed by atoms with van der Waals surface area (Å²) in [6.45, 7) is 6.77. The maximum atomic E-state index is 5.46. The van der Waals surface area contributed by atoms with Crippen LogP contribution in [-0.2, 0) is 12.0 Å². The van der Waals surface area contributed by atoms with E-state index in [-0.39, 0.29) is 5.41 Å². The van der Waals surface area contributed by atoms with Gasteiger partial charge in [-0.1, -0.05) is 20.8 Å². The Morgan fingerprint density at radius 3 is 2.12 bits per heavy atom. The minimum absolute atomic E-state index is 0.104. The van der Waals surface area contributed by atoms with E-state index in [1.807, 2.05) is 18.2 Å². The topological polar surface area (TPSA) is 65.5 Å². The minimum atomic E-state index is -0.104. The second-order valence-electron chi connectivity index (χ2n) is 6.38. The number of rotatable bonds is 6. The Balaban J connectivity index is 2.26. The summed E-state index contributed by atoms with van der Waals surface area (Å²) in [5, 5.41) is 3.31. The molecule has 0 fully saturated rings. The Labute approximate surface area is 143 Å². The molecule has 1 N–H and O–H groups in total. The normalized spacial score (nSPS) is 11.1. The van der Waals surface area contributed by atoms with Crippen LogP contribution in [0.4, 0.5) is 5.82 Å². The van der Waals surface area contributed by atoms with Gasteiger partial charge in [0.2, 0.25) is 0 Å². The predicted molar refractivity (Wildman–Crippen MR) is 94.2 cm³/mol. The standard InChI is InChI=1S/C18H25N3O3/c1-18(2,3)17-19-8-7-16(21-17)20-11-13-14(23-5)9-12(22-4)10-15(13)24-6/h7-10H,11H2,1-6H3,(H,19,20,21). The van der Waals surface area contributed by atoms with Gasteiger partial charge in [-0.15, -0.1) is 0 Å². The van der Waals surface area contributed by atoms with Crippen molar-refractivity contribution in [2.45, 2.75) is 32.7 Å². The van der Waals surface area contributed by atoms with Gasteiger partial charge in [0.15, 0.2) is 0 Å². The van der Waals surface area contributed by atoms with Gasteiger partial charge in [-0.25, -0.2) is 9.97 Å². The quantitative estimate of drug-likeness (QED) is 0.875. The van der Waals surface area contributed by atoms with E-state index >= 15 is 0 Å². The summed E-state index contributed by atoms with van der Waals surface area (Å²) in [7, 11) is 4.86. The Hall–Kier alpha value is -2.50. The molecule has 2 aromatic rings. The van der Waals surface area contributed by atoms with Crippen LogP contribution in [0.25, 0.3) is 0 Å². The molecule has 24 heavy (non-hydrogen) atoms. The molecule has 0 spiro atoms. The first-order valence-corrected chi connectivity index (χ1v) is 7.75. The highest BCUT2D eigenvalue weighted by Crippen LogP contribution is 2.34. The largest absolute Gasteiger partial charge is 0.496 e. The smallest absolute Gasteiger partial charge is 0.135 e. The average molecular weight is 331 g/mol. The molecule has 0 radical (unpaired) electrons. The molecule has 0 aliphatic carbocycles. The predicted octanol–water partition coefficient (Wildman–Crippen LogP) is 3.41. The Morgan fingerprint density at radius 1 is 1.00 bits per heavy atom. The summed E-state index contributed by atoms with van der Waals surface area (Å²) in [6, 6.07) is 5.51.